The van der Waals surface area contributed by atoms with Crippen LogP contribution in [-0.2, 0) is 13.0 Å². The van der Waals surface area contributed by atoms with Gasteiger partial charge in [-0.3, -0.25) is 0 Å². The molecule has 2 aliphatic rings. The highest BCUT2D eigenvalue weighted by Crippen LogP contribution is 2.50. The molecule has 1 aliphatic heterocycles. The van der Waals surface area contributed by atoms with Crippen molar-refractivity contribution in [2.24, 2.45) is 5.41 Å². The fourth-order valence-corrected chi connectivity index (χ4v) is 3.73. The lowest BCUT2D eigenvalue weighted by atomic mass is 9.86. The van der Waals surface area contributed by atoms with Gasteiger partial charge >= 0.3 is 5.97 Å². The predicted octanol–water partition coefficient (Wildman–Crippen LogP) is 4.97. The molecule has 2 aromatic rings. The van der Waals surface area contributed by atoms with Gasteiger partial charge in [0.05, 0.1) is 17.0 Å². The molecule has 1 N–H and O–H groups in total. The summed E-state index contributed by atoms with van der Waals surface area (Å²) in [6.45, 7) is 2.46. The van der Waals surface area contributed by atoms with Crippen molar-refractivity contribution < 1.29 is 14.6 Å². The van der Waals surface area contributed by atoms with Crippen LogP contribution in [0.2, 0.25) is 0 Å². The first-order valence-corrected chi connectivity index (χ1v) is 9.32. The molecule has 0 saturated heterocycles. The van der Waals surface area contributed by atoms with Crippen molar-refractivity contribution in [1.29, 1.82) is 5.26 Å². The number of benzene rings is 2. The maximum Gasteiger partial charge on any atom is 0.335 e. The molecule has 0 bridgehead atoms. The zero-order chi connectivity index (χ0) is 19.0. The van der Waals surface area contributed by atoms with Gasteiger partial charge in [-0.15, -0.1) is 0 Å². The van der Waals surface area contributed by atoms with Crippen LogP contribution in [0.3, 0.4) is 0 Å². The monoisotopic (exact) mass is 359 g/mol. The van der Waals surface area contributed by atoms with E-state index in [4.69, 9.17) is 4.74 Å². The van der Waals surface area contributed by atoms with Crippen LogP contribution in [0.25, 0.3) is 5.57 Å². The zero-order valence-corrected chi connectivity index (χ0v) is 15.3. The fourth-order valence-electron chi connectivity index (χ4n) is 3.73. The Bertz CT molecular complexity index is 993. The number of allylic oxidation sites excluding steroid dienone is 1. The SMILES string of the molecule is CCCc1cccc2c1C(=CC1(C#N)CC1)c1ccc(C(=O)O)cc1CO2. The molecule has 27 heavy (non-hydrogen) atoms. The Labute approximate surface area is 158 Å². The summed E-state index contributed by atoms with van der Waals surface area (Å²) in [5.74, 6) is -0.151. The molecule has 0 radical (unpaired) electrons. The number of carboxylic acid groups (broad SMARTS) is 1. The number of ether oxygens (including phenoxy) is 1. The predicted molar refractivity (Wildman–Crippen MR) is 103 cm³/mol. The summed E-state index contributed by atoms with van der Waals surface area (Å²) < 4.78 is 6.08. The lowest BCUT2D eigenvalue weighted by Gasteiger charge is -2.16. The Balaban J connectivity index is 1.97. The summed E-state index contributed by atoms with van der Waals surface area (Å²) >= 11 is 0. The van der Waals surface area contributed by atoms with E-state index in [-0.39, 0.29) is 5.56 Å². The summed E-state index contributed by atoms with van der Waals surface area (Å²) in [7, 11) is 0. The minimum atomic E-state index is -0.951. The highest BCUT2D eigenvalue weighted by atomic mass is 16.5. The summed E-state index contributed by atoms with van der Waals surface area (Å²) in [6, 6.07) is 13.7. The van der Waals surface area contributed by atoms with Gasteiger partial charge in [-0.1, -0.05) is 37.6 Å². The summed E-state index contributed by atoms with van der Waals surface area (Å²) in [5.41, 5.74) is 4.87. The maximum atomic E-state index is 11.4. The lowest BCUT2D eigenvalue weighted by Crippen LogP contribution is -2.03. The van der Waals surface area contributed by atoms with Crippen molar-refractivity contribution in [2.75, 3.05) is 0 Å². The average Bonchev–Trinajstić information content (AvgIpc) is 3.46. The topological polar surface area (TPSA) is 70.3 Å². The Morgan fingerprint density at radius 1 is 1.33 bits per heavy atom. The second kappa shape index (κ2) is 6.59. The molecule has 136 valence electrons. The number of rotatable bonds is 4. The van der Waals surface area contributed by atoms with Crippen LogP contribution in [-0.4, -0.2) is 11.1 Å². The zero-order valence-electron chi connectivity index (χ0n) is 15.3. The van der Waals surface area contributed by atoms with Gasteiger partial charge < -0.3 is 9.84 Å². The molecule has 0 atom stereocenters. The van der Waals surface area contributed by atoms with E-state index in [1.165, 1.54) is 5.56 Å². The van der Waals surface area contributed by atoms with E-state index >= 15 is 0 Å². The average molecular weight is 359 g/mol. The highest BCUT2D eigenvalue weighted by Gasteiger charge is 2.42. The van der Waals surface area contributed by atoms with Gasteiger partial charge in [0.1, 0.15) is 12.4 Å². The summed E-state index contributed by atoms with van der Waals surface area (Å²) in [5, 5.41) is 19.0. The van der Waals surface area contributed by atoms with Crippen LogP contribution in [0.15, 0.2) is 42.5 Å². The van der Waals surface area contributed by atoms with Crippen LogP contribution in [0.4, 0.5) is 0 Å². The molecule has 1 aliphatic carbocycles. The highest BCUT2D eigenvalue weighted by molar-refractivity contribution is 5.91. The number of fused-ring (bicyclic) bond motifs is 2. The number of aromatic carboxylic acids is 1. The molecule has 0 unspecified atom stereocenters. The van der Waals surface area contributed by atoms with Crippen molar-refractivity contribution in [3.05, 3.63) is 70.3 Å². The van der Waals surface area contributed by atoms with Gasteiger partial charge in [0, 0.05) is 5.56 Å². The third-order valence-electron chi connectivity index (χ3n) is 5.36. The molecule has 0 spiro atoms. The molecule has 4 rings (SSSR count). The van der Waals surface area contributed by atoms with Gasteiger partial charge in [0.2, 0.25) is 0 Å². The molecule has 1 saturated carbocycles. The Hall–Kier alpha value is -3.06. The number of nitriles is 1. The molecule has 0 amide bonds. The first kappa shape index (κ1) is 17.4. The Kier molecular flexibility index (Phi) is 4.24. The van der Waals surface area contributed by atoms with Crippen LogP contribution in [0.1, 0.15) is 58.8 Å². The van der Waals surface area contributed by atoms with E-state index < -0.39 is 11.4 Å². The maximum absolute atomic E-state index is 11.4. The molecule has 2 aromatic carbocycles. The molecule has 4 heteroatoms. The van der Waals surface area contributed by atoms with Crippen LogP contribution >= 0.6 is 0 Å². The van der Waals surface area contributed by atoms with Crippen molar-refractivity contribution in [3.8, 4) is 11.8 Å². The Morgan fingerprint density at radius 2 is 2.15 bits per heavy atom. The first-order valence-electron chi connectivity index (χ1n) is 9.32. The quantitative estimate of drug-likeness (QED) is 0.837. The van der Waals surface area contributed by atoms with Gasteiger partial charge in [0.25, 0.3) is 0 Å². The van der Waals surface area contributed by atoms with Crippen molar-refractivity contribution in [1.82, 2.24) is 0 Å². The second-order valence-electron chi connectivity index (χ2n) is 7.33. The van der Waals surface area contributed by atoms with E-state index in [1.807, 2.05) is 18.2 Å². The van der Waals surface area contributed by atoms with E-state index in [9.17, 15) is 15.2 Å². The number of hydrogen-bond acceptors (Lipinski definition) is 3. The largest absolute Gasteiger partial charge is 0.488 e. The van der Waals surface area contributed by atoms with Crippen LogP contribution in [0, 0.1) is 16.7 Å². The molecular formula is C23H21NO3. The number of carboxylic acids is 1. The van der Waals surface area contributed by atoms with Gasteiger partial charge in [0.15, 0.2) is 0 Å². The molecule has 0 aromatic heterocycles. The molecule has 1 heterocycles. The van der Waals surface area contributed by atoms with Gasteiger partial charge in [-0.2, -0.15) is 5.26 Å². The number of aryl methyl sites for hydroxylation is 1. The number of carbonyl (C=O) groups is 1. The van der Waals surface area contributed by atoms with Crippen LogP contribution < -0.4 is 4.74 Å². The van der Waals surface area contributed by atoms with Crippen molar-refractivity contribution in [2.45, 2.75) is 39.2 Å². The smallest absolute Gasteiger partial charge is 0.335 e. The van der Waals surface area contributed by atoms with E-state index in [0.29, 0.717) is 6.61 Å². The molecule has 1 fully saturated rings. The van der Waals surface area contributed by atoms with Gasteiger partial charge in [-0.25, -0.2) is 4.79 Å². The fraction of sp³-hybridized carbons (Fsp3) is 0.304. The third kappa shape index (κ3) is 3.10. The Morgan fingerprint density at radius 3 is 2.81 bits per heavy atom. The lowest BCUT2D eigenvalue weighted by molar-refractivity contribution is 0.0696. The van der Waals surface area contributed by atoms with E-state index in [0.717, 1.165) is 53.7 Å². The normalized spacial score (nSPS) is 17.9. The van der Waals surface area contributed by atoms with Crippen molar-refractivity contribution in [3.63, 3.8) is 0 Å². The molecule has 4 nitrogen and oxygen atoms in total. The number of hydrogen-bond donors (Lipinski definition) is 1. The number of nitrogens with zero attached hydrogens (tertiary/aromatic N) is 1. The molecular weight excluding hydrogens is 338 g/mol. The minimum Gasteiger partial charge on any atom is -0.488 e. The summed E-state index contributed by atoms with van der Waals surface area (Å²) in [4.78, 5) is 11.4. The van der Waals surface area contributed by atoms with E-state index in [2.05, 4.69) is 25.1 Å². The standard InChI is InChI=1S/C23H21NO3/c1-2-4-15-5-3-6-20-21(15)19(12-23(14-24)9-10-23)18-8-7-16(22(25)26)11-17(18)13-27-20/h3,5-8,11-12H,2,4,9-10,13H2,1H3,(H,25,26). The third-order valence-corrected chi connectivity index (χ3v) is 5.36. The van der Waals surface area contributed by atoms with Gasteiger partial charge in [-0.05, 0) is 59.7 Å². The van der Waals surface area contributed by atoms with Crippen molar-refractivity contribution >= 4 is 11.5 Å². The van der Waals surface area contributed by atoms with Crippen LogP contribution in [0.5, 0.6) is 5.75 Å². The van der Waals surface area contributed by atoms with E-state index in [1.54, 1.807) is 12.1 Å². The first-order chi connectivity index (χ1) is 13.1. The summed E-state index contributed by atoms with van der Waals surface area (Å²) in [6.07, 6.45) is 5.74. The minimum absolute atomic E-state index is 0.248. The second-order valence-corrected chi connectivity index (χ2v) is 7.33.